The molecule has 10 rings (SSSR count). The van der Waals surface area contributed by atoms with Crippen molar-refractivity contribution in [1.82, 2.24) is 9.97 Å². The SMILES string of the molecule is CC1(C)c2cc(N(c3cccnc3)c3ccccn3)ccc2-c2cc3c(cc21)-c1ccccc1C31c2ccccc2-c2ccccc21. The standard InChI is InChI=1S/C44H31N3/c1-43(2)39-24-28(47(29-12-11-22-45-27-29)42-19-9-10-23-46-42)20-21-33(39)34-26-41-35(25-40(34)43)32-15-5-8-18-38(32)44(41)36-16-6-3-13-30(36)31-14-4-7-17-37(31)44/h3-27H,1-2H3. The monoisotopic (exact) mass is 601 g/mol. The fourth-order valence-electron chi connectivity index (χ4n) is 8.83. The first-order chi connectivity index (χ1) is 23.1. The molecule has 7 aromatic rings. The molecular formula is C44H31N3. The molecule has 2 aromatic heterocycles. The van der Waals surface area contributed by atoms with Gasteiger partial charge in [-0.25, -0.2) is 4.98 Å². The van der Waals surface area contributed by atoms with Gasteiger partial charge in [0.15, 0.2) is 0 Å². The molecule has 0 amide bonds. The third-order valence-corrected chi connectivity index (χ3v) is 10.8. The number of hydrogen-bond donors (Lipinski definition) is 0. The Bertz CT molecular complexity index is 2310. The van der Waals surface area contributed by atoms with Gasteiger partial charge in [-0.2, -0.15) is 0 Å². The summed E-state index contributed by atoms with van der Waals surface area (Å²) in [6.45, 7) is 4.75. The van der Waals surface area contributed by atoms with E-state index in [2.05, 4.69) is 139 Å². The van der Waals surface area contributed by atoms with Crippen molar-refractivity contribution in [1.29, 1.82) is 0 Å². The Kier molecular flexibility index (Phi) is 5.27. The van der Waals surface area contributed by atoms with Gasteiger partial charge in [-0.3, -0.25) is 9.88 Å². The zero-order valence-corrected chi connectivity index (χ0v) is 26.3. The van der Waals surface area contributed by atoms with Crippen LogP contribution in [-0.2, 0) is 10.8 Å². The molecule has 1 spiro atoms. The molecule has 0 unspecified atom stereocenters. The Morgan fingerprint density at radius 3 is 1.66 bits per heavy atom. The molecule has 3 heteroatoms. The van der Waals surface area contributed by atoms with E-state index in [1.807, 2.05) is 36.8 Å². The van der Waals surface area contributed by atoms with Crippen molar-refractivity contribution in [2.75, 3.05) is 4.90 Å². The van der Waals surface area contributed by atoms with E-state index in [-0.39, 0.29) is 10.8 Å². The molecule has 0 atom stereocenters. The van der Waals surface area contributed by atoms with E-state index in [0.29, 0.717) is 0 Å². The van der Waals surface area contributed by atoms with E-state index in [1.54, 1.807) is 0 Å². The van der Waals surface area contributed by atoms with E-state index < -0.39 is 0 Å². The lowest BCUT2D eigenvalue weighted by Gasteiger charge is -2.31. The van der Waals surface area contributed by atoms with Crippen LogP contribution in [0.3, 0.4) is 0 Å². The van der Waals surface area contributed by atoms with Gasteiger partial charge in [0.1, 0.15) is 5.82 Å². The van der Waals surface area contributed by atoms with Gasteiger partial charge < -0.3 is 0 Å². The summed E-state index contributed by atoms with van der Waals surface area (Å²) in [6, 6.07) is 49.2. The zero-order valence-electron chi connectivity index (χ0n) is 26.3. The molecular weight excluding hydrogens is 571 g/mol. The second kappa shape index (κ2) is 9.37. The highest BCUT2D eigenvalue weighted by Crippen LogP contribution is 2.64. The summed E-state index contributed by atoms with van der Waals surface area (Å²) in [5.74, 6) is 0.866. The maximum absolute atomic E-state index is 4.74. The molecule has 5 aromatic carbocycles. The lowest BCUT2D eigenvalue weighted by Crippen LogP contribution is -2.26. The molecule has 3 nitrogen and oxygen atoms in total. The first-order valence-electron chi connectivity index (χ1n) is 16.3. The molecule has 2 heterocycles. The van der Waals surface area contributed by atoms with Crippen molar-refractivity contribution in [2.45, 2.75) is 24.7 Å². The molecule has 0 aliphatic heterocycles. The molecule has 0 radical (unpaired) electrons. The zero-order chi connectivity index (χ0) is 31.3. The predicted molar refractivity (Wildman–Crippen MR) is 191 cm³/mol. The molecule has 0 saturated heterocycles. The Morgan fingerprint density at radius 1 is 0.447 bits per heavy atom. The van der Waals surface area contributed by atoms with Crippen molar-refractivity contribution < 1.29 is 0 Å². The van der Waals surface area contributed by atoms with E-state index in [4.69, 9.17) is 4.98 Å². The second-order valence-corrected chi connectivity index (χ2v) is 13.4. The van der Waals surface area contributed by atoms with Crippen LogP contribution in [0.4, 0.5) is 17.2 Å². The summed E-state index contributed by atoms with van der Waals surface area (Å²) in [7, 11) is 0. The van der Waals surface area contributed by atoms with Gasteiger partial charge >= 0.3 is 0 Å². The normalized spacial score (nSPS) is 14.9. The summed E-state index contributed by atoms with van der Waals surface area (Å²) in [5.41, 5.74) is 17.7. The van der Waals surface area contributed by atoms with Gasteiger partial charge in [-0.1, -0.05) is 98.8 Å². The molecule has 222 valence electrons. The fraction of sp³-hybridized carbons (Fsp3) is 0.0909. The summed E-state index contributed by atoms with van der Waals surface area (Å²) in [6.07, 6.45) is 5.56. The van der Waals surface area contributed by atoms with E-state index in [1.165, 1.54) is 66.8 Å². The van der Waals surface area contributed by atoms with E-state index in [0.717, 1.165) is 17.2 Å². The third-order valence-electron chi connectivity index (χ3n) is 10.8. The molecule has 3 aliphatic carbocycles. The van der Waals surface area contributed by atoms with Crippen LogP contribution in [0.25, 0.3) is 33.4 Å². The number of hydrogen-bond acceptors (Lipinski definition) is 3. The van der Waals surface area contributed by atoms with Crippen molar-refractivity contribution in [2.24, 2.45) is 0 Å². The molecule has 0 fully saturated rings. The van der Waals surface area contributed by atoms with Crippen LogP contribution in [0.2, 0.25) is 0 Å². The molecule has 0 saturated carbocycles. The number of fused-ring (bicyclic) bond motifs is 13. The van der Waals surface area contributed by atoms with Gasteiger partial charge in [0.2, 0.25) is 0 Å². The highest BCUT2D eigenvalue weighted by atomic mass is 15.2. The smallest absolute Gasteiger partial charge is 0.137 e. The summed E-state index contributed by atoms with van der Waals surface area (Å²) >= 11 is 0. The van der Waals surface area contributed by atoms with Crippen LogP contribution >= 0.6 is 0 Å². The predicted octanol–water partition coefficient (Wildman–Crippen LogP) is 10.6. The second-order valence-electron chi connectivity index (χ2n) is 13.4. The van der Waals surface area contributed by atoms with Crippen LogP contribution < -0.4 is 4.90 Å². The number of anilines is 3. The number of rotatable bonds is 3. The van der Waals surface area contributed by atoms with Crippen LogP contribution in [0.1, 0.15) is 47.2 Å². The number of benzene rings is 5. The minimum atomic E-state index is -0.350. The Balaban J connectivity index is 1.22. The number of nitrogens with zero attached hydrogens (tertiary/aromatic N) is 3. The number of pyridine rings is 2. The van der Waals surface area contributed by atoms with Crippen LogP contribution in [0.15, 0.2) is 152 Å². The van der Waals surface area contributed by atoms with Gasteiger partial charge in [-0.15, -0.1) is 0 Å². The van der Waals surface area contributed by atoms with Crippen molar-refractivity contribution >= 4 is 17.2 Å². The van der Waals surface area contributed by atoms with Crippen molar-refractivity contribution in [3.05, 3.63) is 185 Å². The lowest BCUT2D eigenvalue weighted by atomic mass is 9.70. The first kappa shape index (κ1) is 26.4. The Morgan fingerprint density at radius 2 is 1.02 bits per heavy atom. The lowest BCUT2D eigenvalue weighted by molar-refractivity contribution is 0.660. The van der Waals surface area contributed by atoms with Crippen LogP contribution in [-0.4, -0.2) is 9.97 Å². The van der Waals surface area contributed by atoms with Gasteiger partial charge in [0, 0.05) is 23.5 Å². The quantitative estimate of drug-likeness (QED) is 0.202. The maximum atomic E-state index is 4.74. The Labute approximate surface area is 274 Å². The summed E-state index contributed by atoms with van der Waals surface area (Å²) in [4.78, 5) is 11.4. The van der Waals surface area contributed by atoms with Crippen LogP contribution in [0, 0.1) is 0 Å². The van der Waals surface area contributed by atoms with E-state index in [9.17, 15) is 0 Å². The first-order valence-corrected chi connectivity index (χ1v) is 16.3. The Hall–Kier alpha value is -5.80. The van der Waals surface area contributed by atoms with Crippen molar-refractivity contribution in [3.8, 4) is 33.4 Å². The summed E-state index contributed by atoms with van der Waals surface area (Å²) < 4.78 is 0. The maximum Gasteiger partial charge on any atom is 0.137 e. The topological polar surface area (TPSA) is 29.0 Å². The van der Waals surface area contributed by atoms with Gasteiger partial charge in [0.05, 0.1) is 17.3 Å². The largest absolute Gasteiger partial charge is 0.293 e. The van der Waals surface area contributed by atoms with Gasteiger partial charge in [-0.05, 0) is 115 Å². The highest BCUT2D eigenvalue weighted by Gasteiger charge is 2.52. The molecule has 0 N–H and O–H groups in total. The minimum absolute atomic E-state index is 0.198. The molecule has 3 aliphatic rings. The summed E-state index contributed by atoms with van der Waals surface area (Å²) in [5, 5.41) is 0. The van der Waals surface area contributed by atoms with Crippen LogP contribution in [0.5, 0.6) is 0 Å². The van der Waals surface area contributed by atoms with Crippen molar-refractivity contribution in [3.63, 3.8) is 0 Å². The average molecular weight is 602 g/mol. The third kappa shape index (κ3) is 3.36. The number of aromatic nitrogens is 2. The average Bonchev–Trinajstić information content (AvgIpc) is 3.67. The highest BCUT2D eigenvalue weighted by molar-refractivity contribution is 5.98. The fourth-order valence-corrected chi connectivity index (χ4v) is 8.83. The minimum Gasteiger partial charge on any atom is -0.293 e. The van der Waals surface area contributed by atoms with Gasteiger partial charge in [0.25, 0.3) is 0 Å². The van der Waals surface area contributed by atoms with E-state index >= 15 is 0 Å². The molecule has 0 bridgehead atoms. The molecule has 47 heavy (non-hydrogen) atoms.